The van der Waals surface area contributed by atoms with E-state index in [4.69, 9.17) is 0 Å². The van der Waals surface area contributed by atoms with Gasteiger partial charge in [-0.05, 0) is 37.8 Å². The molecular weight excluding hydrogens is 291 g/mol. The van der Waals surface area contributed by atoms with Crippen molar-refractivity contribution < 1.29 is 13.2 Å². The number of hydrogen-bond acceptors (Lipinski definition) is 1. The number of rotatable bonds is 5. The van der Waals surface area contributed by atoms with Gasteiger partial charge in [0.05, 0.1) is 0 Å². The van der Waals surface area contributed by atoms with Crippen LogP contribution in [0.25, 0.3) is 0 Å². The maximum Gasteiger partial charge on any atom is 0.389 e. The first-order valence-corrected chi connectivity index (χ1v) is 7.72. The zero-order valence-electron chi connectivity index (χ0n) is 12.8. The number of halogens is 3. The van der Waals surface area contributed by atoms with E-state index in [2.05, 4.69) is 27.3 Å². The molecule has 1 heterocycles. The number of nitrogens with zero attached hydrogens (tertiary/aromatic N) is 2. The number of unbranched alkanes of at least 4 members (excludes halogenated alkanes) is 1. The first kappa shape index (κ1) is 16.6. The Morgan fingerprint density at radius 3 is 2.77 bits per heavy atom. The highest BCUT2D eigenvalue weighted by atomic mass is 19.4. The predicted octanol–water partition coefficient (Wildman–Crippen LogP) is 3.75. The van der Waals surface area contributed by atoms with Crippen molar-refractivity contribution in [3.8, 4) is 0 Å². The van der Waals surface area contributed by atoms with E-state index >= 15 is 0 Å². The predicted molar refractivity (Wildman–Crippen MR) is 83.4 cm³/mol. The lowest BCUT2D eigenvalue weighted by molar-refractivity contribution is -0.135. The Bertz CT molecular complexity index is 512. The van der Waals surface area contributed by atoms with Gasteiger partial charge in [0, 0.05) is 31.7 Å². The van der Waals surface area contributed by atoms with Crippen LogP contribution in [0, 0.1) is 0 Å². The molecule has 0 saturated heterocycles. The summed E-state index contributed by atoms with van der Waals surface area (Å²) in [5.74, 6) is 0.763. The summed E-state index contributed by atoms with van der Waals surface area (Å²) in [7, 11) is 0. The fourth-order valence-corrected chi connectivity index (χ4v) is 2.58. The van der Waals surface area contributed by atoms with Crippen molar-refractivity contribution in [2.75, 3.05) is 24.5 Å². The SMILES string of the molecule is CCNC(=NCCCCC(F)(F)F)N1CCc2ccccc21. The Hall–Kier alpha value is -1.72. The molecule has 2 rings (SSSR count). The van der Waals surface area contributed by atoms with Crippen LogP contribution in [0.1, 0.15) is 31.7 Å². The van der Waals surface area contributed by atoms with Crippen LogP contribution in [0.3, 0.4) is 0 Å². The van der Waals surface area contributed by atoms with E-state index in [0.717, 1.165) is 31.2 Å². The topological polar surface area (TPSA) is 27.6 Å². The van der Waals surface area contributed by atoms with Crippen molar-refractivity contribution in [3.05, 3.63) is 29.8 Å². The molecule has 0 atom stereocenters. The minimum atomic E-state index is -4.07. The first-order valence-electron chi connectivity index (χ1n) is 7.72. The number of hydrogen-bond donors (Lipinski definition) is 1. The van der Waals surface area contributed by atoms with Crippen molar-refractivity contribution >= 4 is 11.6 Å². The fraction of sp³-hybridized carbons (Fsp3) is 0.562. The number of guanidine groups is 1. The molecule has 6 heteroatoms. The van der Waals surface area contributed by atoms with Crippen molar-refractivity contribution in [3.63, 3.8) is 0 Å². The number of alkyl halides is 3. The van der Waals surface area contributed by atoms with Crippen LogP contribution in [0.2, 0.25) is 0 Å². The third kappa shape index (κ3) is 4.64. The molecule has 1 aliphatic heterocycles. The molecule has 22 heavy (non-hydrogen) atoms. The van der Waals surface area contributed by atoms with E-state index in [0.29, 0.717) is 13.0 Å². The molecule has 122 valence electrons. The molecule has 1 N–H and O–H groups in total. The molecule has 0 aromatic heterocycles. The van der Waals surface area contributed by atoms with Crippen LogP contribution in [0.5, 0.6) is 0 Å². The zero-order chi connectivity index (χ0) is 16.0. The molecule has 0 bridgehead atoms. The van der Waals surface area contributed by atoms with Gasteiger partial charge in [-0.15, -0.1) is 0 Å². The van der Waals surface area contributed by atoms with Crippen molar-refractivity contribution in [2.45, 2.75) is 38.8 Å². The van der Waals surface area contributed by atoms with Crippen LogP contribution < -0.4 is 10.2 Å². The van der Waals surface area contributed by atoms with Gasteiger partial charge in [-0.2, -0.15) is 13.2 Å². The zero-order valence-corrected chi connectivity index (χ0v) is 12.8. The van der Waals surface area contributed by atoms with E-state index < -0.39 is 12.6 Å². The molecule has 1 aliphatic rings. The summed E-state index contributed by atoms with van der Waals surface area (Å²) in [5.41, 5.74) is 2.42. The number of aliphatic imine (C=N–C) groups is 1. The lowest BCUT2D eigenvalue weighted by Gasteiger charge is -2.22. The van der Waals surface area contributed by atoms with Crippen molar-refractivity contribution in [1.29, 1.82) is 0 Å². The number of nitrogens with one attached hydrogen (secondary N) is 1. The second kappa shape index (κ2) is 7.51. The second-order valence-corrected chi connectivity index (χ2v) is 5.34. The van der Waals surface area contributed by atoms with E-state index in [-0.39, 0.29) is 6.42 Å². The van der Waals surface area contributed by atoms with E-state index in [1.165, 1.54) is 5.56 Å². The standard InChI is InChI=1S/C16H22F3N3/c1-2-20-15(21-11-6-5-10-16(17,18)19)22-12-9-13-7-3-4-8-14(13)22/h3-4,7-8H,2,5-6,9-12H2,1H3,(H,20,21). The Morgan fingerprint density at radius 1 is 1.27 bits per heavy atom. The molecule has 0 aliphatic carbocycles. The van der Waals surface area contributed by atoms with E-state index in [1.54, 1.807) is 0 Å². The van der Waals surface area contributed by atoms with Crippen LogP contribution in [-0.2, 0) is 6.42 Å². The molecule has 0 amide bonds. The van der Waals surface area contributed by atoms with Crippen LogP contribution in [0.4, 0.5) is 18.9 Å². The molecule has 0 fully saturated rings. The minimum absolute atomic E-state index is 0.128. The smallest absolute Gasteiger partial charge is 0.356 e. The summed E-state index contributed by atoms with van der Waals surface area (Å²) in [6.07, 6.45) is -3.25. The Morgan fingerprint density at radius 2 is 2.05 bits per heavy atom. The van der Waals surface area contributed by atoms with Crippen LogP contribution in [0.15, 0.2) is 29.3 Å². The summed E-state index contributed by atoms with van der Waals surface area (Å²) in [5, 5.41) is 3.23. The van der Waals surface area contributed by atoms with Crippen molar-refractivity contribution in [2.24, 2.45) is 4.99 Å². The largest absolute Gasteiger partial charge is 0.389 e. The molecule has 1 aromatic rings. The highest BCUT2D eigenvalue weighted by Crippen LogP contribution is 2.27. The third-order valence-corrected chi connectivity index (χ3v) is 3.61. The normalized spacial score (nSPS) is 15.1. The Labute approximate surface area is 129 Å². The maximum absolute atomic E-state index is 12.1. The summed E-state index contributed by atoms with van der Waals surface area (Å²) in [4.78, 5) is 6.59. The minimum Gasteiger partial charge on any atom is -0.356 e. The molecular formula is C16H22F3N3. The van der Waals surface area contributed by atoms with Crippen molar-refractivity contribution in [1.82, 2.24) is 5.32 Å². The molecule has 0 saturated carbocycles. The summed E-state index contributed by atoms with van der Waals surface area (Å²) < 4.78 is 36.4. The molecule has 1 aromatic carbocycles. The van der Waals surface area contributed by atoms with E-state index in [9.17, 15) is 13.2 Å². The molecule has 0 unspecified atom stereocenters. The number of anilines is 1. The first-order chi connectivity index (χ1) is 10.5. The average Bonchev–Trinajstić information content (AvgIpc) is 2.88. The molecule has 3 nitrogen and oxygen atoms in total. The Kier molecular flexibility index (Phi) is 5.69. The van der Waals surface area contributed by atoms with Gasteiger partial charge in [-0.1, -0.05) is 18.2 Å². The summed E-state index contributed by atoms with van der Waals surface area (Å²) in [6, 6.07) is 8.16. The van der Waals surface area contributed by atoms with E-state index in [1.807, 2.05) is 19.1 Å². The highest BCUT2D eigenvalue weighted by molar-refractivity contribution is 5.97. The number of para-hydroxylation sites is 1. The van der Waals surface area contributed by atoms with Gasteiger partial charge in [-0.25, -0.2) is 0 Å². The summed E-state index contributed by atoms with van der Waals surface area (Å²) >= 11 is 0. The van der Waals surface area contributed by atoms with Gasteiger partial charge in [0.15, 0.2) is 5.96 Å². The fourth-order valence-electron chi connectivity index (χ4n) is 2.58. The molecule has 0 spiro atoms. The van der Waals surface area contributed by atoms with Gasteiger partial charge in [0.25, 0.3) is 0 Å². The lowest BCUT2D eigenvalue weighted by atomic mass is 10.2. The number of benzene rings is 1. The molecule has 0 radical (unpaired) electrons. The number of fused-ring (bicyclic) bond motifs is 1. The third-order valence-electron chi connectivity index (χ3n) is 3.61. The van der Waals surface area contributed by atoms with Gasteiger partial charge in [0.1, 0.15) is 0 Å². The monoisotopic (exact) mass is 313 g/mol. The van der Waals surface area contributed by atoms with Gasteiger partial charge < -0.3 is 10.2 Å². The quantitative estimate of drug-likeness (QED) is 0.509. The highest BCUT2D eigenvalue weighted by Gasteiger charge is 2.26. The van der Waals surface area contributed by atoms with Gasteiger partial charge in [0.2, 0.25) is 0 Å². The maximum atomic E-state index is 12.1. The second-order valence-electron chi connectivity index (χ2n) is 5.34. The van der Waals surface area contributed by atoms with Crippen LogP contribution in [-0.4, -0.2) is 31.8 Å². The lowest BCUT2D eigenvalue weighted by Crippen LogP contribution is -2.40. The summed E-state index contributed by atoms with van der Waals surface area (Å²) in [6.45, 7) is 3.99. The van der Waals surface area contributed by atoms with Gasteiger partial charge >= 0.3 is 6.18 Å². The van der Waals surface area contributed by atoms with Gasteiger partial charge in [-0.3, -0.25) is 4.99 Å². The van der Waals surface area contributed by atoms with Crippen LogP contribution >= 0.6 is 0 Å². The Balaban J connectivity index is 1.94. The average molecular weight is 313 g/mol.